The number of halogens is 1. The molecule has 1 N–H and O–H groups in total. The highest BCUT2D eigenvalue weighted by atomic mass is 35.5. The van der Waals surface area contributed by atoms with Crippen LogP contribution in [0.2, 0.25) is 5.02 Å². The van der Waals surface area contributed by atoms with Gasteiger partial charge in [0, 0.05) is 43.8 Å². The molecule has 0 unspecified atom stereocenters. The maximum atomic E-state index is 13.5. The standard InChI is InChI=1S/C23H23ClN4O3/c1-15(29)25-18-7-3-16(4-8-18)20-21(27-13-11-26(2)12-14-27)23(31)28(22(20)30)19-9-5-17(24)6-10-19/h3-10H,11-14H2,1-2H3,(H,25,29). The lowest BCUT2D eigenvalue weighted by atomic mass is 10.0. The van der Waals surface area contributed by atoms with Crippen molar-refractivity contribution >= 4 is 46.3 Å². The molecule has 0 aliphatic carbocycles. The molecule has 8 heteroatoms. The van der Waals surface area contributed by atoms with Crippen LogP contribution in [-0.4, -0.2) is 60.7 Å². The summed E-state index contributed by atoms with van der Waals surface area (Å²) in [5, 5.41) is 3.25. The zero-order valence-corrected chi connectivity index (χ0v) is 18.1. The lowest BCUT2D eigenvalue weighted by molar-refractivity contribution is -0.121. The van der Waals surface area contributed by atoms with Crippen LogP contribution in [0.5, 0.6) is 0 Å². The highest BCUT2D eigenvalue weighted by molar-refractivity contribution is 6.45. The van der Waals surface area contributed by atoms with E-state index in [1.807, 2.05) is 11.9 Å². The van der Waals surface area contributed by atoms with Gasteiger partial charge in [0.05, 0.1) is 11.3 Å². The second kappa shape index (κ2) is 8.53. The van der Waals surface area contributed by atoms with Gasteiger partial charge >= 0.3 is 0 Å². The summed E-state index contributed by atoms with van der Waals surface area (Å²) in [5.74, 6) is -0.877. The molecule has 0 spiro atoms. The van der Waals surface area contributed by atoms with Crippen LogP contribution in [0, 0.1) is 0 Å². The summed E-state index contributed by atoms with van der Waals surface area (Å²) in [5.41, 5.74) is 2.54. The van der Waals surface area contributed by atoms with Gasteiger partial charge in [0.25, 0.3) is 11.8 Å². The number of hydrogen-bond acceptors (Lipinski definition) is 5. The maximum absolute atomic E-state index is 13.5. The Labute approximate surface area is 185 Å². The molecule has 2 heterocycles. The Kier molecular flexibility index (Phi) is 5.80. The molecule has 2 aliphatic heterocycles. The summed E-state index contributed by atoms with van der Waals surface area (Å²) in [4.78, 5) is 43.7. The molecule has 7 nitrogen and oxygen atoms in total. The molecule has 0 radical (unpaired) electrons. The maximum Gasteiger partial charge on any atom is 0.282 e. The topological polar surface area (TPSA) is 73.0 Å². The average Bonchev–Trinajstić information content (AvgIpc) is 3.00. The highest BCUT2D eigenvalue weighted by Gasteiger charge is 2.42. The van der Waals surface area contributed by atoms with Gasteiger partial charge in [-0.2, -0.15) is 0 Å². The van der Waals surface area contributed by atoms with E-state index in [-0.39, 0.29) is 17.7 Å². The van der Waals surface area contributed by atoms with E-state index in [0.717, 1.165) is 13.1 Å². The molecule has 1 fully saturated rings. The predicted octanol–water partition coefficient (Wildman–Crippen LogP) is 2.83. The fourth-order valence-electron chi connectivity index (χ4n) is 3.85. The van der Waals surface area contributed by atoms with Gasteiger partial charge in [-0.1, -0.05) is 23.7 Å². The number of rotatable bonds is 4. The van der Waals surface area contributed by atoms with Gasteiger partial charge in [-0.05, 0) is 49.0 Å². The van der Waals surface area contributed by atoms with E-state index in [0.29, 0.717) is 46.3 Å². The molecular formula is C23H23ClN4O3. The third-order valence-corrected chi connectivity index (χ3v) is 5.71. The van der Waals surface area contributed by atoms with Gasteiger partial charge in [-0.15, -0.1) is 0 Å². The smallest absolute Gasteiger partial charge is 0.282 e. The van der Waals surface area contributed by atoms with E-state index in [9.17, 15) is 14.4 Å². The van der Waals surface area contributed by atoms with Crippen LogP contribution in [0.15, 0.2) is 54.2 Å². The Morgan fingerprint density at radius 3 is 2.10 bits per heavy atom. The van der Waals surface area contributed by atoms with Crippen LogP contribution in [0.25, 0.3) is 5.57 Å². The van der Waals surface area contributed by atoms with Crippen molar-refractivity contribution in [3.63, 3.8) is 0 Å². The summed E-state index contributed by atoms with van der Waals surface area (Å²) >= 11 is 5.99. The van der Waals surface area contributed by atoms with E-state index >= 15 is 0 Å². The summed E-state index contributed by atoms with van der Waals surface area (Å²) in [7, 11) is 2.04. The second-order valence-corrected chi connectivity index (χ2v) is 8.13. The number of imide groups is 1. The van der Waals surface area contributed by atoms with Gasteiger partial charge in [0.2, 0.25) is 5.91 Å². The number of amides is 3. The minimum atomic E-state index is -0.367. The average molecular weight is 439 g/mol. The number of benzene rings is 2. The van der Waals surface area contributed by atoms with Crippen molar-refractivity contribution in [1.29, 1.82) is 0 Å². The van der Waals surface area contributed by atoms with Gasteiger partial charge in [0.15, 0.2) is 0 Å². The van der Waals surface area contributed by atoms with E-state index in [1.54, 1.807) is 48.5 Å². The summed E-state index contributed by atoms with van der Waals surface area (Å²) in [6.45, 7) is 4.37. The molecule has 0 aromatic heterocycles. The number of hydrogen-bond donors (Lipinski definition) is 1. The molecule has 3 amide bonds. The highest BCUT2D eigenvalue weighted by Crippen LogP contribution is 2.35. The van der Waals surface area contributed by atoms with Crippen LogP contribution in [-0.2, 0) is 14.4 Å². The van der Waals surface area contributed by atoms with E-state index in [1.165, 1.54) is 11.8 Å². The predicted molar refractivity (Wildman–Crippen MR) is 121 cm³/mol. The first-order valence-corrected chi connectivity index (χ1v) is 10.4. The molecule has 1 saturated heterocycles. The van der Waals surface area contributed by atoms with Crippen molar-refractivity contribution in [3.05, 3.63) is 64.8 Å². The molecule has 0 atom stereocenters. The van der Waals surface area contributed by atoms with Gasteiger partial charge < -0.3 is 15.1 Å². The molecule has 0 saturated carbocycles. The SMILES string of the molecule is CC(=O)Nc1ccc(C2=C(N3CCN(C)CC3)C(=O)N(c3ccc(Cl)cc3)C2=O)cc1. The molecular weight excluding hydrogens is 416 g/mol. The van der Waals surface area contributed by atoms with Crippen LogP contribution in [0.3, 0.4) is 0 Å². The monoisotopic (exact) mass is 438 g/mol. The Balaban J connectivity index is 1.76. The van der Waals surface area contributed by atoms with Gasteiger partial charge in [-0.25, -0.2) is 4.90 Å². The number of anilines is 2. The summed E-state index contributed by atoms with van der Waals surface area (Å²) < 4.78 is 0. The van der Waals surface area contributed by atoms with Gasteiger partial charge in [0.1, 0.15) is 5.70 Å². The van der Waals surface area contributed by atoms with Crippen LogP contribution in [0.1, 0.15) is 12.5 Å². The minimum absolute atomic E-state index is 0.175. The third-order valence-electron chi connectivity index (χ3n) is 5.46. The van der Waals surface area contributed by atoms with Crippen LogP contribution in [0.4, 0.5) is 11.4 Å². The van der Waals surface area contributed by atoms with Crippen molar-refractivity contribution in [3.8, 4) is 0 Å². The first-order valence-electron chi connectivity index (χ1n) is 10.1. The van der Waals surface area contributed by atoms with Crippen LogP contribution < -0.4 is 10.2 Å². The number of piperazine rings is 1. The van der Waals surface area contributed by atoms with Crippen molar-refractivity contribution in [1.82, 2.24) is 9.80 Å². The number of nitrogens with zero attached hydrogens (tertiary/aromatic N) is 3. The number of likely N-dealkylation sites (N-methyl/N-ethyl adjacent to an activating group) is 1. The largest absolute Gasteiger partial charge is 0.364 e. The lowest BCUT2D eigenvalue weighted by Crippen LogP contribution is -2.46. The normalized spacial score (nSPS) is 17.5. The Hall–Kier alpha value is -3.16. The van der Waals surface area contributed by atoms with Gasteiger partial charge in [-0.3, -0.25) is 14.4 Å². The fraction of sp³-hybridized carbons (Fsp3) is 0.261. The molecule has 0 bridgehead atoms. The van der Waals surface area contributed by atoms with Crippen molar-refractivity contribution in [2.24, 2.45) is 0 Å². The third kappa shape index (κ3) is 4.19. The number of carbonyl (C=O) groups is 3. The summed E-state index contributed by atoms with van der Waals surface area (Å²) in [6, 6.07) is 13.6. The fourth-order valence-corrected chi connectivity index (χ4v) is 3.98. The van der Waals surface area contributed by atoms with E-state index in [4.69, 9.17) is 11.6 Å². The minimum Gasteiger partial charge on any atom is -0.364 e. The Morgan fingerprint density at radius 2 is 1.52 bits per heavy atom. The molecule has 2 aliphatic rings. The van der Waals surface area contributed by atoms with Crippen molar-refractivity contribution < 1.29 is 14.4 Å². The molecule has 4 rings (SSSR count). The summed E-state index contributed by atoms with van der Waals surface area (Å²) in [6.07, 6.45) is 0. The van der Waals surface area contributed by atoms with Crippen molar-refractivity contribution in [2.75, 3.05) is 43.4 Å². The molecule has 2 aromatic carbocycles. The second-order valence-electron chi connectivity index (χ2n) is 7.69. The van der Waals surface area contributed by atoms with E-state index < -0.39 is 0 Å². The molecule has 160 valence electrons. The van der Waals surface area contributed by atoms with E-state index in [2.05, 4.69) is 10.2 Å². The lowest BCUT2D eigenvalue weighted by Gasteiger charge is -2.34. The molecule has 2 aromatic rings. The zero-order chi connectivity index (χ0) is 22.1. The first-order chi connectivity index (χ1) is 14.8. The van der Waals surface area contributed by atoms with Crippen LogP contribution >= 0.6 is 11.6 Å². The Morgan fingerprint density at radius 1 is 0.903 bits per heavy atom. The van der Waals surface area contributed by atoms with Crippen molar-refractivity contribution in [2.45, 2.75) is 6.92 Å². The zero-order valence-electron chi connectivity index (χ0n) is 17.4. The first kappa shape index (κ1) is 21.1. The molecule has 31 heavy (non-hydrogen) atoms. The quantitative estimate of drug-likeness (QED) is 0.743. The number of carbonyl (C=O) groups excluding carboxylic acids is 3. The Bertz CT molecular complexity index is 1060. The number of nitrogens with one attached hydrogen (secondary N) is 1.